The number of alkyl halides is 6. The first-order valence-electron chi connectivity index (χ1n) is 10.5. The average Bonchev–Trinajstić information content (AvgIpc) is 3.29. The highest BCUT2D eigenvalue weighted by Gasteiger charge is 2.39. The van der Waals surface area contributed by atoms with Crippen LogP contribution in [0.4, 0.5) is 26.3 Å². The van der Waals surface area contributed by atoms with Crippen molar-refractivity contribution in [3.05, 3.63) is 66.0 Å². The van der Waals surface area contributed by atoms with Crippen molar-refractivity contribution < 1.29 is 35.9 Å². The molecule has 0 aliphatic carbocycles. The Kier molecular flexibility index (Phi) is 6.67. The summed E-state index contributed by atoms with van der Waals surface area (Å²) < 4.78 is 85.3. The minimum atomic E-state index is -5.14. The molecule has 0 aromatic carbocycles. The van der Waals surface area contributed by atoms with Crippen molar-refractivity contribution in [2.75, 3.05) is 0 Å². The third-order valence-electron chi connectivity index (χ3n) is 4.76. The SMILES string of the molecule is CC(C)OC(=O)/C(=C/n1cnc(-c2cc(C(F)(F)F)nc(C(F)(F)F)c2)n1)c1cnc2cccnc2c1. The van der Waals surface area contributed by atoms with Crippen LogP contribution in [0.1, 0.15) is 30.8 Å². The zero-order valence-electron chi connectivity index (χ0n) is 19.0. The van der Waals surface area contributed by atoms with Crippen molar-refractivity contribution in [1.29, 1.82) is 0 Å². The van der Waals surface area contributed by atoms with E-state index < -0.39 is 47.2 Å². The molecular formula is C23H16F6N6O2. The molecule has 0 aliphatic rings. The zero-order valence-corrected chi connectivity index (χ0v) is 19.0. The number of rotatable bonds is 5. The van der Waals surface area contributed by atoms with Crippen LogP contribution in [0, 0.1) is 0 Å². The standard InChI is InChI=1S/C23H16F6N6O2/c1-12(2)37-21(36)15(14-6-17-16(31-9-14)4-3-5-30-17)10-35-11-32-20(34-35)13-7-18(22(24,25)26)33-19(8-13)23(27,28)29/h3-12H,1-2H3/b15-10+. The van der Waals surface area contributed by atoms with Crippen LogP contribution in [0.2, 0.25) is 0 Å². The lowest BCUT2D eigenvalue weighted by atomic mass is 10.1. The van der Waals surface area contributed by atoms with Gasteiger partial charge in [0, 0.05) is 29.7 Å². The Bertz CT molecular complexity index is 1460. The molecule has 0 atom stereocenters. The second kappa shape index (κ2) is 9.59. The molecular weight excluding hydrogens is 506 g/mol. The molecule has 192 valence electrons. The quantitative estimate of drug-likeness (QED) is 0.200. The fraction of sp³-hybridized carbons (Fsp3) is 0.217. The van der Waals surface area contributed by atoms with Crippen molar-refractivity contribution in [1.82, 2.24) is 29.7 Å². The number of carbonyl (C=O) groups excluding carboxylic acids is 1. The molecule has 0 radical (unpaired) electrons. The summed E-state index contributed by atoms with van der Waals surface area (Å²) in [7, 11) is 0. The van der Waals surface area contributed by atoms with Gasteiger partial charge in [-0.15, -0.1) is 5.10 Å². The van der Waals surface area contributed by atoms with E-state index in [0.717, 1.165) is 11.0 Å². The van der Waals surface area contributed by atoms with E-state index in [-0.39, 0.29) is 11.1 Å². The summed E-state index contributed by atoms with van der Waals surface area (Å²) in [5.41, 5.74) is -2.79. The van der Waals surface area contributed by atoms with Crippen molar-refractivity contribution in [3.63, 3.8) is 0 Å². The number of nitrogens with zero attached hydrogens (tertiary/aromatic N) is 6. The van der Waals surface area contributed by atoms with Crippen LogP contribution in [0.25, 0.3) is 34.2 Å². The number of carbonyl (C=O) groups is 1. The highest BCUT2D eigenvalue weighted by molar-refractivity contribution is 6.20. The van der Waals surface area contributed by atoms with E-state index in [1.165, 1.54) is 18.6 Å². The van der Waals surface area contributed by atoms with Crippen LogP contribution in [-0.2, 0) is 21.9 Å². The van der Waals surface area contributed by atoms with Gasteiger partial charge >= 0.3 is 18.3 Å². The first-order valence-corrected chi connectivity index (χ1v) is 10.5. The van der Waals surface area contributed by atoms with Crippen molar-refractivity contribution in [2.45, 2.75) is 32.3 Å². The van der Waals surface area contributed by atoms with Gasteiger partial charge in [-0.3, -0.25) is 9.97 Å². The van der Waals surface area contributed by atoms with E-state index in [4.69, 9.17) is 4.74 Å². The lowest BCUT2D eigenvalue weighted by Crippen LogP contribution is -2.15. The van der Waals surface area contributed by atoms with Gasteiger partial charge in [-0.2, -0.15) is 26.3 Å². The number of hydrogen-bond acceptors (Lipinski definition) is 7. The second-order valence-electron chi connectivity index (χ2n) is 7.93. The Hall–Kier alpha value is -4.36. The van der Waals surface area contributed by atoms with Gasteiger partial charge in [0.25, 0.3) is 0 Å². The van der Waals surface area contributed by atoms with Gasteiger partial charge in [-0.25, -0.2) is 19.4 Å². The third kappa shape index (κ3) is 5.90. The number of esters is 1. The molecule has 0 aliphatic heterocycles. The van der Waals surface area contributed by atoms with Crippen LogP contribution in [0.15, 0.2) is 49.1 Å². The normalized spacial score (nSPS) is 12.8. The van der Waals surface area contributed by atoms with Gasteiger partial charge in [-0.1, -0.05) is 0 Å². The molecule has 37 heavy (non-hydrogen) atoms. The summed E-state index contributed by atoms with van der Waals surface area (Å²) in [6.45, 7) is 3.26. The smallest absolute Gasteiger partial charge is 0.433 e. The van der Waals surface area contributed by atoms with Gasteiger partial charge < -0.3 is 4.74 Å². The van der Waals surface area contributed by atoms with Crippen molar-refractivity contribution in [2.24, 2.45) is 0 Å². The number of ether oxygens (including phenoxy) is 1. The minimum Gasteiger partial charge on any atom is -0.459 e. The number of pyridine rings is 3. The molecule has 4 rings (SSSR count). The summed E-state index contributed by atoms with van der Waals surface area (Å²) in [4.78, 5) is 27.7. The van der Waals surface area contributed by atoms with E-state index in [0.29, 0.717) is 23.2 Å². The van der Waals surface area contributed by atoms with Gasteiger partial charge in [0.2, 0.25) is 0 Å². The maximum absolute atomic E-state index is 13.2. The van der Waals surface area contributed by atoms with Gasteiger partial charge in [0.15, 0.2) is 5.82 Å². The summed E-state index contributed by atoms with van der Waals surface area (Å²) >= 11 is 0. The highest BCUT2D eigenvalue weighted by atomic mass is 19.4. The molecule has 0 unspecified atom stereocenters. The van der Waals surface area contributed by atoms with Gasteiger partial charge in [0.05, 0.1) is 22.7 Å². The topological polar surface area (TPSA) is 95.7 Å². The molecule has 0 fully saturated rings. The first-order chi connectivity index (χ1) is 17.3. The predicted octanol–water partition coefficient (Wildman–Crippen LogP) is 5.27. The van der Waals surface area contributed by atoms with Crippen molar-refractivity contribution >= 4 is 28.8 Å². The molecule has 0 saturated carbocycles. The monoisotopic (exact) mass is 522 g/mol. The highest BCUT2D eigenvalue weighted by Crippen LogP contribution is 2.35. The van der Waals surface area contributed by atoms with E-state index in [1.807, 2.05) is 0 Å². The summed E-state index contributed by atoms with van der Waals surface area (Å²) in [6.07, 6.45) is -5.65. The maximum Gasteiger partial charge on any atom is 0.433 e. The molecule has 0 amide bonds. The van der Waals surface area contributed by atoms with Gasteiger partial charge in [0.1, 0.15) is 17.7 Å². The molecule has 0 bridgehead atoms. The average molecular weight is 522 g/mol. The minimum absolute atomic E-state index is 0.0492. The summed E-state index contributed by atoms with van der Waals surface area (Å²) in [5.74, 6) is -1.23. The number of aromatic nitrogens is 6. The summed E-state index contributed by atoms with van der Waals surface area (Å²) in [5, 5.41) is 3.94. The first kappa shape index (κ1) is 25.7. The molecule has 8 nitrogen and oxygen atoms in total. The molecule has 0 N–H and O–H groups in total. The Morgan fingerprint density at radius 1 is 0.973 bits per heavy atom. The molecule has 0 saturated heterocycles. The Morgan fingerprint density at radius 2 is 1.65 bits per heavy atom. The van der Waals surface area contributed by atoms with E-state index in [9.17, 15) is 31.1 Å². The fourth-order valence-electron chi connectivity index (χ4n) is 3.17. The Balaban J connectivity index is 1.79. The molecule has 4 aromatic heterocycles. The zero-order chi connectivity index (χ0) is 27.0. The van der Waals surface area contributed by atoms with Crippen LogP contribution < -0.4 is 0 Å². The van der Waals surface area contributed by atoms with Crippen LogP contribution in [0.3, 0.4) is 0 Å². The number of hydrogen-bond donors (Lipinski definition) is 0. The molecule has 0 spiro atoms. The predicted molar refractivity (Wildman–Crippen MR) is 118 cm³/mol. The fourth-order valence-corrected chi connectivity index (χ4v) is 3.17. The van der Waals surface area contributed by atoms with E-state index in [2.05, 4.69) is 25.0 Å². The van der Waals surface area contributed by atoms with Gasteiger partial charge in [-0.05, 0) is 44.2 Å². The Labute approximate surface area is 204 Å². The van der Waals surface area contributed by atoms with Crippen LogP contribution >= 0.6 is 0 Å². The third-order valence-corrected chi connectivity index (χ3v) is 4.76. The second-order valence-corrected chi connectivity index (χ2v) is 7.93. The number of fused-ring (bicyclic) bond motifs is 1. The van der Waals surface area contributed by atoms with Crippen molar-refractivity contribution in [3.8, 4) is 11.4 Å². The Morgan fingerprint density at radius 3 is 2.27 bits per heavy atom. The lowest BCUT2D eigenvalue weighted by molar-refractivity contribution is -0.150. The lowest BCUT2D eigenvalue weighted by Gasteiger charge is -2.12. The summed E-state index contributed by atoms with van der Waals surface area (Å²) in [6, 6.07) is 5.78. The van der Waals surface area contributed by atoms with Crippen LogP contribution in [-0.4, -0.2) is 41.8 Å². The maximum atomic E-state index is 13.2. The van der Waals surface area contributed by atoms with E-state index >= 15 is 0 Å². The van der Waals surface area contributed by atoms with Crippen LogP contribution in [0.5, 0.6) is 0 Å². The molecule has 14 heteroatoms. The number of halogens is 6. The molecule has 4 aromatic rings. The van der Waals surface area contributed by atoms with E-state index in [1.54, 1.807) is 32.0 Å². The molecule has 4 heterocycles. The largest absolute Gasteiger partial charge is 0.459 e.